The molecular weight excluding hydrogens is 396 g/mol. The quantitative estimate of drug-likeness (QED) is 0.465. The number of fused-ring (bicyclic) bond motifs is 1. The molecule has 0 heterocycles. The maximum Gasteiger partial charge on any atom is 0.322 e. The van der Waals surface area contributed by atoms with Crippen LogP contribution in [0.25, 0.3) is 0 Å². The van der Waals surface area contributed by atoms with Gasteiger partial charge in [-0.2, -0.15) is 5.26 Å². The van der Waals surface area contributed by atoms with Crippen LogP contribution in [0, 0.1) is 28.6 Å². The molecule has 1 aromatic carbocycles. The maximum atomic E-state index is 13.4. The Kier molecular flexibility index (Phi) is 8.00. The first-order chi connectivity index (χ1) is 15.3. The van der Waals surface area contributed by atoms with E-state index in [4.69, 9.17) is 0 Å². The van der Waals surface area contributed by atoms with E-state index in [1.165, 1.54) is 12.0 Å². The lowest BCUT2D eigenvalue weighted by Gasteiger charge is -2.57. The van der Waals surface area contributed by atoms with Crippen LogP contribution in [0.2, 0.25) is 0 Å². The maximum absolute atomic E-state index is 13.4. The number of carbonyl (C=O) groups excluding carboxylic acids is 1. The van der Waals surface area contributed by atoms with E-state index in [2.05, 4.69) is 57.0 Å². The summed E-state index contributed by atoms with van der Waals surface area (Å²) in [5.74, 6) is 1.38. The van der Waals surface area contributed by atoms with Gasteiger partial charge in [-0.15, -0.1) is 0 Å². The van der Waals surface area contributed by atoms with Crippen LogP contribution in [0.3, 0.4) is 0 Å². The molecule has 3 unspecified atom stereocenters. The summed E-state index contributed by atoms with van der Waals surface area (Å²) in [6.07, 6.45) is 6.84. The third-order valence-corrected chi connectivity index (χ3v) is 7.96. The Morgan fingerprint density at radius 2 is 2.06 bits per heavy atom. The summed E-state index contributed by atoms with van der Waals surface area (Å²) in [6.45, 7) is 15.2. The second-order valence-electron chi connectivity index (χ2n) is 10.1. The van der Waals surface area contributed by atoms with Crippen molar-refractivity contribution in [3.63, 3.8) is 0 Å². The molecule has 5 nitrogen and oxygen atoms in total. The number of allylic oxidation sites excluding steroid dienone is 1. The molecule has 3 atom stereocenters. The van der Waals surface area contributed by atoms with Crippen molar-refractivity contribution in [3.05, 3.63) is 41.5 Å². The Labute approximate surface area is 194 Å². The first-order valence-corrected chi connectivity index (χ1v) is 12.3. The lowest BCUT2D eigenvalue weighted by atomic mass is 9.49. The summed E-state index contributed by atoms with van der Waals surface area (Å²) in [4.78, 5) is 17.9. The van der Waals surface area contributed by atoms with E-state index in [9.17, 15) is 10.1 Å². The van der Waals surface area contributed by atoms with Crippen molar-refractivity contribution in [1.29, 1.82) is 5.26 Å². The standard InChI is InChI=1S/C27H40N4O/c1-6-30(7-2)15-9-10-20(3)31(19-22-13-14-23-17-25(22)27(23,4)5)26(32)29-24-12-8-11-21(16-24)18-28/h8,11-13,16,20,23,25H,6-7,9-10,14-15,17,19H2,1-5H3,(H,29,32). The van der Waals surface area contributed by atoms with Gasteiger partial charge in [-0.05, 0) is 87.7 Å². The number of carbonyl (C=O) groups is 1. The topological polar surface area (TPSA) is 59.4 Å². The number of benzene rings is 1. The van der Waals surface area contributed by atoms with E-state index in [0.29, 0.717) is 29.1 Å². The molecule has 2 amide bonds. The molecule has 0 aliphatic heterocycles. The normalized spacial score (nSPS) is 21.8. The van der Waals surface area contributed by atoms with Gasteiger partial charge in [0.1, 0.15) is 0 Å². The molecule has 1 fully saturated rings. The van der Waals surface area contributed by atoms with Crippen molar-refractivity contribution in [1.82, 2.24) is 9.80 Å². The zero-order chi connectivity index (χ0) is 23.3. The lowest BCUT2D eigenvalue weighted by molar-refractivity contribution is -0.0103. The van der Waals surface area contributed by atoms with Crippen LogP contribution < -0.4 is 5.32 Å². The Hall–Kier alpha value is -2.32. The van der Waals surface area contributed by atoms with Crippen molar-refractivity contribution >= 4 is 11.7 Å². The molecule has 4 rings (SSSR count). The van der Waals surface area contributed by atoms with Crippen LogP contribution in [-0.2, 0) is 0 Å². The summed E-state index contributed by atoms with van der Waals surface area (Å²) in [6, 6.07) is 9.37. The van der Waals surface area contributed by atoms with E-state index in [1.54, 1.807) is 12.1 Å². The van der Waals surface area contributed by atoms with Crippen molar-refractivity contribution in [2.75, 3.05) is 31.5 Å². The number of nitrogens with one attached hydrogen (secondary N) is 1. The molecule has 1 saturated carbocycles. The van der Waals surface area contributed by atoms with Crippen LogP contribution in [0.15, 0.2) is 35.9 Å². The van der Waals surface area contributed by atoms with Crippen molar-refractivity contribution in [3.8, 4) is 6.07 Å². The SMILES string of the molecule is CCN(CC)CCCC(C)N(CC1=CCC2CC1C2(C)C)C(=O)Nc1cccc(C#N)c1. The Bertz CT molecular complexity index is 865. The minimum Gasteiger partial charge on any atom is -0.318 e. The predicted molar refractivity (Wildman–Crippen MR) is 131 cm³/mol. The van der Waals surface area contributed by atoms with Crippen LogP contribution >= 0.6 is 0 Å². The number of anilines is 1. The van der Waals surface area contributed by atoms with Gasteiger partial charge in [0.25, 0.3) is 0 Å². The molecule has 0 aromatic heterocycles. The first-order valence-electron chi connectivity index (χ1n) is 12.3. The van der Waals surface area contributed by atoms with Crippen LogP contribution in [0.4, 0.5) is 10.5 Å². The van der Waals surface area contributed by atoms with Crippen LogP contribution in [0.5, 0.6) is 0 Å². The molecule has 0 saturated heterocycles. The fourth-order valence-electron chi connectivity index (χ4n) is 5.45. The second-order valence-corrected chi connectivity index (χ2v) is 10.1. The van der Waals surface area contributed by atoms with Gasteiger partial charge in [-0.1, -0.05) is 45.4 Å². The Morgan fingerprint density at radius 1 is 1.31 bits per heavy atom. The van der Waals surface area contributed by atoms with Crippen LogP contribution in [0.1, 0.15) is 65.9 Å². The molecular formula is C27H40N4O. The van der Waals surface area contributed by atoms with Crippen molar-refractivity contribution in [2.24, 2.45) is 17.3 Å². The average molecular weight is 437 g/mol. The Balaban J connectivity index is 1.72. The third kappa shape index (κ3) is 5.35. The molecule has 5 heteroatoms. The van der Waals surface area contributed by atoms with Gasteiger partial charge < -0.3 is 15.1 Å². The first kappa shape index (κ1) is 24.3. The van der Waals surface area contributed by atoms with E-state index in [-0.39, 0.29) is 12.1 Å². The van der Waals surface area contributed by atoms with E-state index >= 15 is 0 Å². The Morgan fingerprint density at radius 3 is 2.69 bits per heavy atom. The zero-order valence-corrected chi connectivity index (χ0v) is 20.5. The predicted octanol–water partition coefficient (Wildman–Crippen LogP) is 5.90. The lowest BCUT2D eigenvalue weighted by Crippen LogP contribution is -2.51. The fourth-order valence-corrected chi connectivity index (χ4v) is 5.45. The summed E-state index contributed by atoms with van der Waals surface area (Å²) in [5.41, 5.74) is 3.00. The minimum absolute atomic E-state index is 0.0735. The second kappa shape index (κ2) is 10.5. The molecule has 2 bridgehead atoms. The highest BCUT2D eigenvalue weighted by Crippen LogP contribution is 2.59. The van der Waals surface area contributed by atoms with E-state index < -0.39 is 0 Å². The number of hydrogen-bond donors (Lipinski definition) is 1. The number of nitrogens with zero attached hydrogens (tertiary/aromatic N) is 3. The molecule has 3 aliphatic carbocycles. The van der Waals surface area contributed by atoms with Crippen molar-refractivity contribution in [2.45, 2.75) is 66.3 Å². The summed E-state index contributed by atoms with van der Waals surface area (Å²) in [7, 11) is 0. The number of amides is 2. The average Bonchev–Trinajstić information content (AvgIpc) is 2.80. The van der Waals surface area contributed by atoms with Gasteiger partial charge in [-0.3, -0.25) is 0 Å². The van der Waals surface area contributed by atoms with Gasteiger partial charge in [0.15, 0.2) is 0 Å². The molecule has 0 radical (unpaired) electrons. The number of hydrogen-bond acceptors (Lipinski definition) is 3. The summed E-state index contributed by atoms with van der Waals surface area (Å²) in [5, 5.41) is 12.2. The van der Waals surface area contributed by atoms with Crippen molar-refractivity contribution < 1.29 is 4.79 Å². The molecule has 1 aromatic rings. The zero-order valence-electron chi connectivity index (χ0n) is 20.5. The highest BCUT2D eigenvalue weighted by molar-refractivity contribution is 5.90. The van der Waals surface area contributed by atoms with Gasteiger partial charge in [-0.25, -0.2) is 4.79 Å². The molecule has 3 aliphatic rings. The van der Waals surface area contributed by atoms with Gasteiger partial charge in [0.05, 0.1) is 11.6 Å². The number of urea groups is 1. The number of rotatable bonds is 10. The van der Waals surface area contributed by atoms with E-state index in [1.807, 2.05) is 17.0 Å². The van der Waals surface area contributed by atoms with Gasteiger partial charge in [0.2, 0.25) is 0 Å². The molecule has 1 N–H and O–H groups in total. The van der Waals surface area contributed by atoms with Gasteiger partial charge in [0, 0.05) is 18.3 Å². The highest BCUT2D eigenvalue weighted by atomic mass is 16.2. The monoisotopic (exact) mass is 436 g/mol. The minimum atomic E-state index is -0.0735. The van der Waals surface area contributed by atoms with E-state index in [0.717, 1.165) is 44.8 Å². The molecule has 32 heavy (non-hydrogen) atoms. The largest absolute Gasteiger partial charge is 0.322 e. The molecule has 174 valence electrons. The van der Waals surface area contributed by atoms with Crippen LogP contribution in [-0.4, -0.2) is 48.1 Å². The number of nitriles is 1. The highest BCUT2D eigenvalue weighted by Gasteiger charge is 2.51. The van der Waals surface area contributed by atoms with Gasteiger partial charge >= 0.3 is 6.03 Å². The molecule has 0 spiro atoms. The third-order valence-electron chi connectivity index (χ3n) is 7.96. The smallest absolute Gasteiger partial charge is 0.318 e. The fraction of sp³-hybridized carbons (Fsp3) is 0.630. The summed E-state index contributed by atoms with van der Waals surface area (Å²) < 4.78 is 0. The summed E-state index contributed by atoms with van der Waals surface area (Å²) >= 11 is 0.